The standard InChI is InChI=1S/C12H17NO4/c1-8(2)17-7-6-13-9(3)4-5-10(11(13)14)12(15)16/h4-5,8H,6-7H2,1-3H3,(H,15,16). The van der Waals surface area contributed by atoms with E-state index in [9.17, 15) is 9.59 Å². The van der Waals surface area contributed by atoms with Crippen LogP contribution in [0.3, 0.4) is 0 Å². The van der Waals surface area contributed by atoms with Gasteiger partial charge in [-0.25, -0.2) is 4.79 Å². The van der Waals surface area contributed by atoms with Crippen molar-refractivity contribution in [1.29, 1.82) is 0 Å². The zero-order chi connectivity index (χ0) is 13.0. The Morgan fingerprint density at radius 2 is 2.12 bits per heavy atom. The highest BCUT2D eigenvalue weighted by Gasteiger charge is 2.12. The Labute approximate surface area is 99.6 Å². The van der Waals surface area contributed by atoms with E-state index in [0.29, 0.717) is 13.2 Å². The first-order valence-electron chi connectivity index (χ1n) is 5.49. The zero-order valence-corrected chi connectivity index (χ0v) is 10.3. The second-order valence-corrected chi connectivity index (χ2v) is 4.07. The summed E-state index contributed by atoms with van der Waals surface area (Å²) in [4.78, 5) is 22.7. The molecule has 1 rings (SSSR count). The molecule has 1 aromatic heterocycles. The van der Waals surface area contributed by atoms with Gasteiger partial charge in [0.25, 0.3) is 5.56 Å². The molecule has 0 aliphatic rings. The van der Waals surface area contributed by atoms with Gasteiger partial charge in [0.05, 0.1) is 12.7 Å². The second-order valence-electron chi connectivity index (χ2n) is 4.07. The topological polar surface area (TPSA) is 68.5 Å². The van der Waals surface area contributed by atoms with E-state index in [2.05, 4.69) is 0 Å². The van der Waals surface area contributed by atoms with Gasteiger partial charge in [-0.15, -0.1) is 0 Å². The maximum Gasteiger partial charge on any atom is 0.341 e. The van der Waals surface area contributed by atoms with Gasteiger partial charge < -0.3 is 14.4 Å². The normalized spacial score (nSPS) is 10.8. The van der Waals surface area contributed by atoms with Gasteiger partial charge >= 0.3 is 5.97 Å². The Balaban J connectivity index is 2.94. The first-order chi connectivity index (χ1) is 7.93. The molecule has 0 aliphatic carbocycles. The third-order valence-electron chi connectivity index (χ3n) is 2.39. The lowest BCUT2D eigenvalue weighted by Crippen LogP contribution is -2.29. The van der Waals surface area contributed by atoms with E-state index < -0.39 is 11.5 Å². The molecule has 0 amide bonds. The largest absolute Gasteiger partial charge is 0.477 e. The molecule has 0 atom stereocenters. The third-order valence-corrected chi connectivity index (χ3v) is 2.39. The smallest absolute Gasteiger partial charge is 0.341 e. The molecule has 5 nitrogen and oxygen atoms in total. The van der Waals surface area contributed by atoms with Crippen LogP contribution in [0, 0.1) is 6.92 Å². The Morgan fingerprint density at radius 1 is 1.47 bits per heavy atom. The SMILES string of the molecule is Cc1ccc(C(=O)O)c(=O)n1CCOC(C)C. The monoisotopic (exact) mass is 239 g/mol. The molecule has 0 saturated heterocycles. The van der Waals surface area contributed by atoms with Crippen molar-refractivity contribution in [2.45, 2.75) is 33.4 Å². The lowest BCUT2D eigenvalue weighted by Gasteiger charge is -2.12. The number of hydrogen-bond donors (Lipinski definition) is 1. The number of rotatable bonds is 5. The van der Waals surface area contributed by atoms with E-state index in [1.165, 1.54) is 10.6 Å². The summed E-state index contributed by atoms with van der Waals surface area (Å²) in [7, 11) is 0. The van der Waals surface area contributed by atoms with Crippen molar-refractivity contribution >= 4 is 5.97 Å². The zero-order valence-electron chi connectivity index (χ0n) is 10.3. The fourth-order valence-corrected chi connectivity index (χ4v) is 1.49. The highest BCUT2D eigenvalue weighted by Crippen LogP contribution is 1.99. The van der Waals surface area contributed by atoms with Crippen molar-refractivity contribution in [2.75, 3.05) is 6.61 Å². The molecule has 0 fully saturated rings. The summed E-state index contributed by atoms with van der Waals surface area (Å²) >= 11 is 0. The quantitative estimate of drug-likeness (QED) is 0.840. The maximum absolute atomic E-state index is 11.8. The number of carbonyl (C=O) groups is 1. The van der Waals surface area contributed by atoms with Crippen LogP contribution in [0.2, 0.25) is 0 Å². The van der Waals surface area contributed by atoms with Gasteiger partial charge in [-0.1, -0.05) is 0 Å². The molecular formula is C12H17NO4. The number of carboxylic acids is 1. The Bertz CT molecular complexity index is 462. The van der Waals surface area contributed by atoms with E-state index in [-0.39, 0.29) is 11.7 Å². The summed E-state index contributed by atoms with van der Waals surface area (Å²) in [5.41, 5.74) is 0.0392. The van der Waals surface area contributed by atoms with Crippen molar-refractivity contribution in [1.82, 2.24) is 4.57 Å². The van der Waals surface area contributed by atoms with Gasteiger partial charge in [0.2, 0.25) is 0 Å². The van der Waals surface area contributed by atoms with E-state index in [1.54, 1.807) is 13.0 Å². The number of aryl methyl sites for hydroxylation is 1. The molecule has 0 aliphatic heterocycles. The van der Waals surface area contributed by atoms with Gasteiger partial charge in [0.1, 0.15) is 5.56 Å². The molecule has 5 heteroatoms. The van der Waals surface area contributed by atoms with Crippen LogP contribution in [0.5, 0.6) is 0 Å². The highest BCUT2D eigenvalue weighted by atomic mass is 16.5. The number of pyridine rings is 1. The average Bonchev–Trinajstić information content (AvgIpc) is 2.21. The first-order valence-corrected chi connectivity index (χ1v) is 5.49. The lowest BCUT2D eigenvalue weighted by molar-refractivity contribution is 0.0679. The predicted molar refractivity (Wildman–Crippen MR) is 63.5 cm³/mol. The number of aromatic carboxylic acids is 1. The summed E-state index contributed by atoms with van der Waals surface area (Å²) in [5, 5.41) is 8.85. The van der Waals surface area contributed by atoms with Crippen molar-refractivity contribution < 1.29 is 14.6 Å². The summed E-state index contributed by atoms with van der Waals surface area (Å²) in [6.45, 7) is 6.33. The number of aromatic nitrogens is 1. The van der Waals surface area contributed by atoms with Crippen LogP contribution in [0.25, 0.3) is 0 Å². The van der Waals surface area contributed by atoms with Crippen LogP contribution < -0.4 is 5.56 Å². The molecule has 0 unspecified atom stereocenters. The van der Waals surface area contributed by atoms with Crippen molar-refractivity contribution in [3.05, 3.63) is 33.7 Å². The molecule has 0 saturated carbocycles. The minimum Gasteiger partial charge on any atom is -0.477 e. The van der Waals surface area contributed by atoms with Crippen LogP contribution in [0.4, 0.5) is 0 Å². The maximum atomic E-state index is 11.8. The fourth-order valence-electron chi connectivity index (χ4n) is 1.49. The number of hydrogen-bond acceptors (Lipinski definition) is 3. The van der Waals surface area contributed by atoms with Crippen molar-refractivity contribution in [3.63, 3.8) is 0 Å². The first kappa shape index (κ1) is 13.4. The fraction of sp³-hybridized carbons (Fsp3) is 0.500. The lowest BCUT2D eigenvalue weighted by atomic mass is 10.2. The molecule has 0 aromatic carbocycles. The Hall–Kier alpha value is -1.62. The van der Waals surface area contributed by atoms with E-state index in [1.807, 2.05) is 13.8 Å². The van der Waals surface area contributed by atoms with Crippen LogP contribution in [-0.2, 0) is 11.3 Å². The highest BCUT2D eigenvalue weighted by molar-refractivity contribution is 5.87. The molecular weight excluding hydrogens is 222 g/mol. The molecule has 17 heavy (non-hydrogen) atoms. The van der Waals surface area contributed by atoms with Crippen LogP contribution >= 0.6 is 0 Å². The molecule has 1 heterocycles. The van der Waals surface area contributed by atoms with Crippen molar-refractivity contribution in [3.8, 4) is 0 Å². The minimum absolute atomic E-state index is 0.0914. The number of nitrogens with zero attached hydrogens (tertiary/aromatic N) is 1. The van der Waals surface area contributed by atoms with Gasteiger partial charge in [-0.3, -0.25) is 4.79 Å². The summed E-state index contributed by atoms with van der Waals surface area (Å²) in [5.74, 6) is -1.20. The van der Waals surface area contributed by atoms with Gasteiger partial charge in [0, 0.05) is 12.2 Å². The molecule has 1 N–H and O–H groups in total. The van der Waals surface area contributed by atoms with Gasteiger partial charge in [-0.2, -0.15) is 0 Å². The average molecular weight is 239 g/mol. The molecule has 0 bridgehead atoms. The van der Waals surface area contributed by atoms with E-state index >= 15 is 0 Å². The number of ether oxygens (including phenoxy) is 1. The minimum atomic E-state index is -1.20. The third kappa shape index (κ3) is 3.42. The van der Waals surface area contributed by atoms with Gasteiger partial charge in [-0.05, 0) is 32.9 Å². The molecule has 1 aromatic rings. The predicted octanol–water partition coefficient (Wildman–Crippen LogP) is 1.28. The summed E-state index contributed by atoms with van der Waals surface area (Å²) in [6.07, 6.45) is 0.0914. The Kier molecular flexibility index (Phi) is 4.45. The van der Waals surface area contributed by atoms with Crippen LogP contribution in [-0.4, -0.2) is 28.4 Å². The molecule has 0 radical (unpaired) electrons. The second kappa shape index (κ2) is 5.63. The van der Waals surface area contributed by atoms with Crippen LogP contribution in [0.1, 0.15) is 29.9 Å². The van der Waals surface area contributed by atoms with Gasteiger partial charge in [0.15, 0.2) is 0 Å². The van der Waals surface area contributed by atoms with Crippen molar-refractivity contribution in [2.24, 2.45) is 0 Å². The summed E-state index contributed by atoms with van der Waals surface area (Å²) in [6, 6.07) is 2.96. The van der Waals surface area contributed by atoms with Crippen LogP contribution in [0.15, 0.2) is 16.9 Å². The van der Waals surface area contributed by atoms with E-state index in [0.717, 1.165) is 5.69 Å². The Morgan fingerprint density at radius 3 is 2.65 bits per heavy atom. The van der Waals surface area contributed by atoms with E-state index in [4.69, 9.17) is 9.84 Å². The summed E-state index contributed by atoms with van der Waals surface area (Å²) < 4.78 is 6.77. The number of carboxylic acid groups (broad SMARTS) is 1. The molecule has 94 valence electrons. The molecule has 0 spiro atoms.